The molecule has 0 aliphatic carbocycles. The number of imide groups is 1. The monoisotopic (exact) mass is 545 g/mol. The fourth-order valence-corrected chi connectivity index (χ4v) is 4.96. The van der Waals surface area contributed by atoms with Crippen molar-refractivity contribution in [3.05, 3.63) is 148 Å². The number of benzene rings is 5. The number of ether oxygens (including phenoxy) is 1. The summed E-state index contributed by atoms with van der Waals surface area (Å²) in [5, 5.41) is 2.11. The number of ketones is 1. The number of esters is 1. The van der Waals surface area contributed by atoms with Crippen LogP contribution >= 0.6 is 11.6 Å². The van der Waals surface area contributed by atoms with Crippen LogP contribution in [-0.4, -0.2) is 23.6 Å². The van der Waals surface area contributed by atoms with Crippen molar-refractivity contribution < 1.29 is 23.9 Å². The fraction of sp³-hybridized carbons (Fsp3) is 0.0303. The molecule has 5 aromatic carbocycles. The van der Waals surface area contributed by atoms with Gasteiger partial charge in [0.15, 0.2) is 6.10 Å². The van der Waals surface area contributed by atoms with Crippen LogP contribution in [0, 0.1) is 0 Å². The van der Waals surface area contributed by atoms with Gasteiger partial charge in [0.05, 0.1) is 22.4 Å². The van der Waals surface area contributed by atoms with Crippen LogP contribution in [0.5, 0.6) is 0 Å². The molecule has 0 aromatic heterocycles. The van der Waals surface area contributed by atoms with Gasteiger partial charge in [-0.3, -0.25) is 14.4 Å². The topological polar surface area (TPSA) is 80.8 Å². The number of hydrogen-bond donors (Lipinski definition) is 0. The number of rotatable bonds is 6. The maximum Gasteiger partial charge on any atom is 0.339 e. The van der Waals surface area contributed by atoms with E-state index in [4.69, 9.17) is 16.3 Å². The summed E-state index contributed by atoms with van der Waals surface area (Å²) in [7, 11) is 0. The molecule has 0 saturated heterocycles. The van der Waals surface area contributed by atoms with E-state index < -0.39 is 29.7 Å². The zero-order valence-corrected chi connectivity index (χ0v) is 21.7. The molecule has 0 fully saturated rings. The number of fused-ring (bicyclic) bond motifs is 2. The lowest BCUT2D eigenvalue weighted by atomic mass is 9.99. The Balaban J connectivity index is 1.32. The van der Waals surface area contributed by atoms with Crippen LogP contribution < -0.4 is 4.90 Å². The third-order valence-corrected chi connectivity index (χ3v) is 7.08. The van der Waals surface area contributed by atoms with Gasteiger partial charge in [-0.15, -0.1) is 0 Å². The maximum absolute atomic E-state index is 13.5. The van der Waals surface area contributed by atoms with E-state index in [1.54, 1.807) is 66.7 Å². The summed E-state index contributed by atoms with van der Waals surface area (Å²) < 4.78 is 5.73. The minimum atomic E-state index is -1.25. The molecule has 0 saturated carbocycles. The molecule has 1 heterocycles. The van der Waals surface area contributed by atoms with Gasteiger partial charge in [-0.1, -0.05) is 90.5 Å². The molecule has 40 heavy (non-hydrogen) atoms. The molecule has 0 radical (unpaired) electrons. The molecule has 6 nitrogen and oxygen atoms in total. The second kappa shape index (κ2) is 10.2. The highest BCUT2D eigenvalue weighted by atomic mass is 35.5. The smallest absolute Gasteiger partial charge is 0.339 e. The minimum absolute atomic E-state index is 0.0412. The SMILES string of the molecule is O=C(OC(C(=O)c1ccccc1)c1ccc(Cl)cc1)c1ccc2c(c1)C(=O)N(c1cccc3ccccc13)C2=O. The van der Waals surface area contributed by atoms with E-state index in [9.17, 15) is 19.2 Å². The van der Waals surface area contributed by atoms with Crippen LogP contribution in [0.1, 0.15) is 53.1 Å². The molecule has 6 rings (SSSR count). The quantitative estimate of drug-likeness (QED) is 0.129. The molecular weight excluding hydrogens is 526 g/mol. The summed E-state index contributed by atoms with van der Waals surface area (Å²) in [4.78, 5) is 54.6. The first kappa shape index (κ1) is 25.2. The summed E-state index contributed by atoms with van der Waals surface area (Å²) in [5.41, 5.74) is 1.59. The molecule has 7 heteroatoms. The number of Topliss-reactive ketones (excluding diaryl/α,β-unsaturated/α-hetero) is 1. The van der Waals surface area contributed by atoms with Crippen LogP contribution in [0.15, 0.2) is 115 Å². The van der Waals surface area contributed by atoms with Gasteiger partial charge in [0.25, 0.3) is 11.8 Å². The second-order valence-electron chi connectivity index (χ2n) is 9.27. The summed E-state index contributed by atoms with van der Waals surface area (Å²) in [6.45, 7) is 0. The van der Waals surface area contributed by atoms with Gasteiger partial charge in [-0.2, -0.15) is 0 Å². The van der Waals surface area contributed by atoms with Gasteiger partial charge < -0.3 is 4.74 Å². The third-order valence-electron chi connectivity index (χ3n) is 6.82. The van der Waals surface area contributed by atoms with E-state index in [1.165, 1.54) is 18.2 Å². The molecule has 1 unspecified atom stereocenters. The predicted molar refractivity (Wildman–Crippen MR) is 152 cm³/mol. The van der Waals surface area contributed by atoms with Crippen molar-refractivity contribution in [2.24, 2.45) is 0 Å². The zero-order valence-electron chi connectivity index (χ0n) is 20.9. The van der Waals surface area contributed by atoms with Gasteiger partial charge in [0.1, 0.15) is 0 Å². The van der Waals surface area contributed by atoms with Crippen molar-refractivity contribution in [2.45, 2.75) is 6.10 Å². The highest BCUT2D eigenvalue weighted by Gasteiger charge is 2.38. The van der Waals surface area contributed by atoms with Crippen molar-refractivity contribution >= 4 is 51.6 Å². The predicted octanol–water partition coefficient (Wildman–Crippen LogP) is 7.07. The molecule has 0 bridgehead atoms. The van der Waals surface area contributed by atoms with Crippen LogP contribution in [0.4, 0.5) is 5.69 Å². The Morgan fingerprint density at radius 1 is 0.675 bits per heavy atom. The number of carbonyl (C=O) groups excluding carboxylic acids is 4. The summed E-state index contributed by atoms with van der Waals surface area (Å²) in [5.74, 6) is -2.24. The van der Waals surface area contributed by atoms with Crippen molar-refractivity contribution in [3.8, 4) is 0 Å². The Morgan fingerprint density at radius 2 is 1.35 bits per heavy atom. The first-order valence-corrected chi connectivity index (χ1v) is 12.9. The van der Waals surface area contributed by atoms with E-state index in [2.05, 4.69) is 0 Å². The van der Waals surface area contributed by atoms with Gasteiger partial charge >= 0.3 is 5.97 Å². The molecule has 5 aromatic rings. The Kier molecular flexibility index (Phi) is 6.46. The van der Waals surface area contributed by atoms with E-state index in [0.717, 1.165) is 15.7 Å². The molecule has 0 spiro atoms. The van der Waals surface area contributed by atoms with E-state index in [-0.39, 0.29) is 16.7 Å². The number of anilines is 1. The van der Waals surface area contributed by atoms with Gasteiger partial charge in [0.2, 0.25) is 5.78 Å². The van der Waals surface area contributed by atoms with Crippen molar-refractivity contribution in [2.75, 3.05) is 4.90 Å². The van der Waals surface area contributed by atoms with E-state index in [1.807, 2.05) is 30.3 Å². The van der Waals surface area contributed by atoms with Gasteiger partial charge in [-0.25, -0.2) is 9.69 Å². The Morgan fingerprint density at radius 3 is 2.12 bits per heavy atom. The summed E-state index contributed by atoms with van der Waals surface area (Å²) in [6.07, 6.45) is -1.25. The Labute approximate surface area is 234 Å². The van der Waals surface area contributed by atoms with Crippen LogP contribution in [0.3, 0.4) is 0 Å². The highest BCUT2D eigenvalue weighted by molar-refractivity contribution is 6.36. The van der Waals surface area contributed by atoms with Crippen LogP contribution in [-0.2, 0) is 4.74 Å². The molecule has 194 valence electrons. The standard InChI is InChI=1S/C33H20ClNO5/c34-24-16-13-22(14-17-24)30(29(36)21-8-2-1-3-9-21)40-33(39)23-15-18-26-27(19-23)32(38)35(31(26)37)28-12-6-10-20-7-4-5-11-25(20)28/h1-19,30H. The van der Waals surface area contributed by atoms with Crippen molar-refractivity contribution in [3.63, 3.8) is 0 Å². The molecular formula is C33H20ClNO5. The van der Waals surface area contributed by atoms with E-state index in [0.29, 0.717) is 21.8 Å². The molecule has 0 N–H and O–H groups in total. The number of nitrogens with zero attached hydrogens (tertiary/aromatic N) is 1. The van der Waals surface area contributed by atoms with Crippen molar-refractivity contribution in [1.82, 2.24) is 0 Å². The minimum Gasteiger partial charge on any atom is -0.445 e. The number of halogens is 1. The Bertz CT molecular complexity index is 1810. The second-order valence-corrected chi connectivity index (χ2v) is 9.71. The Hall–Kier alpha value is -5.07. The highest BCUT2D eigenvalue weighted by Crippen LogP contribution is 2.34. The lowest BCUT2D eigenvalue weighted by Gasteiger charge is -2.18. The average Bonchev–Trinajstić information content (AvgIpc) is 3.24. The lowest BCUT2D eigenvalue weighted by Crippen LogP contribution is -2.29. The number of amides is 2. The summed E-state index contributed by atoms with van der Waals surface area (Å²) in [6, 6.07) is 32.0. The average molecular weight is 546 g/mol. The van der Waals surface area contributed by atoms with Gasteiger partial charge in [0, 0.05) is 21.5 Å². The van der Waals surface area contributed by atoms with Crippen LogP contribution in [0.2, 0.25) is 5.02 Å². The largest absolute Gasteiger partial charge is 0.445 e. The van der Waals surface area contributed by atoms with Gasteiger partial charge in [-0.05, 0) is 41.8 Å². The van der Waals surface area contributed by atoms with E-state index >= 15 is 0 Å². The maximum atomic E-state index is 13.5. The zero-order chi connectivity index (χ0) is 27.8. The van der Waals surface area contributed by atoms with Crippen molar-refractivity contribution in [1.29, 1.82) is 0 Å². The number of hydrogen-bond acceptors (Lipinski definition) is 5. The molecule has 1 aliphatic heterocycles. The fourth-order valence-electron chi connectivity index (χ4n) is 4.83. The molecule has 2 amide bonds. The first-order valence-electron chi connectivity index (χ1n) is 12.5. The number of carbonyl (C=O) groups is 4. The normalized spacial score (nSPS) is 13.3. The third kappa shape index (κ3) is 4.44. The lowest BCUT2D eigenvalue weighted by molar-refractivity contribution is 0.0280. The summed E-state index contributed by atoms with van der Waals surface area (Å²) >= 11 is 6.03. The van der Waals surface area contributed by atoms with Crippen LogP contribution in [0.25, 0.3) is 10.8 Å². The molecule has 1 aliphatic rings. The molecule has 1 atom stereocenters. The first-order chi connectivity index (χ1) is 19.4.